The van der Waals surface area contributed by atoms with Crippen LogP contribution in [0.1, 0.15) is 37.3 Å². The number of furan rings is 1. The van der Waals surface area contributed by atoms with E-state index in [1.165, 1.54) is 12.8 Å². The van der Waals surface area contributed by atoms with Crippen molar-refractivity contribution in [2.75, 3.05) is 26.2 Å². The zero-order valence-corrected chi connectivity index (χ0v) is 18.7. The standard InChI is InChI=1S/C21H27BrN2O3.ClH/c1-15-9-11-24(12-10-15)19(20-8-3-16(2)27-20)13-23-21(25)14-26-18-6-4-17(22)5-7-18;/h3-8,15,19H,9-14H2,1-2H3,(H,23,25);1H. The van der Waals surface area contributed by atoms with Crippen LogP contribution in [0, 0.1) is 12.8 Å². The predicted molar refractivity (Wildman–Crippen MR) is 116 cm³/mol. The Bertz CT molecular complexity index is 742. The number of carbonyl (C=O) groups is 1. The van der Waals surface area contributed by atoms with Crippen LogP contribution in [0.25, 0.3) is 0 Å². The van der Waals surface area contributed by atoms with Gasteiger partial charge in [0.25, 0.3) is 5.91 Å². The van der Waals surface area contributed by atoms with Gasteiger partial charge in [-0.3, -0.25) is 9.69 Å². The summed E-state index contributed by atoms with van der Waals surface area (Å²) in [7, 11) is 0. The van der Waals surface area contributed by atoms with Crippen LogP contribution in [0.3, 0.4) is 0 Å². The second-order valence-corrected chi connectivity index (χ2v) is 8.15. The van der Waals surface area contributed by atoms with E-state index in [2.05, 4.69) is 33.1 Å². The SMILES string of the molecule is Cc1ccc(C(CNC(=O)COc2ccc(Br)cc2)N2CCC(C)CC2)o1.Cl. The summed E-state index contributed by atoms with van der Waals surface area (Å²) in [6.45, 7) is 6.81. The lowest BCUT2D eigenvalue weighted by Crippen LogP contribution is -2.42. The highest BCUT2D eigenvalue weighted by molar-refractivity contribution is 9.10. The van der Waals surface area contributed by atoms with Gasteiger partial charge in [-0.05, 0) is 75.2 Å². The van der Waals surface area contributed by atoms with Crippen molar-refractivity contribution < 1.29 is 13.9 Å². The molecule has 2 heterocycles. The molecule has 0 saturated carbocycles. The number of amides is 1. The van der Waals surface area contributed by atoms with Crippen molar-refractivity contribution in [1.29, 1.82) is 0 Å². The number of carbonyl (C=O) groups excluding carboxylic acids is 1. The van der Waals surface area contributed by atoms with E-state index in [0.717, 1.165) is 35.0 Å². The molecule has 1 fully saturated rings. The normalized spacial score (nSPS) is 16.2. The third-order valence-electron chi connectivity index (χ3n) is 5.02. The van der Waals surface area contributed by atoms with E-state index in [4.69, 9.17) is 9.15 Å². The number of hydrogen-bond donors (Lipinski definition) is 1. The number of benzene rings is 1. The molecule has 0 bridgehead atoms. The predicted octanol–water partition coefficient (Wildman–Crippen LogP) is 4.74. The van der Waals surface area contributed by atoms with E-state index < -0.39 is 0 Å². The molecule has 0 radical (unpaired) electrons. The fourth-order valence-electron chi connectivity index (χ4n) is 3.32. The molecule has 1 amide bonds. The highest BCUT2D eigenvalue weighted by Gasteiger charge is 2.27. The largest absolute Gasteiger partial charge is 0.484 e. The Morgan fingerprint density at radius 3 is 2.54 bits per heavy atom. The molecule has 0 spiro atoms. The Kier molecular flexibility index (Phi) is 8.86. The number of halogens is 2. The average Bonchev–Trinajstić information content (AvgIpc) is 3.09. The first-order chi connectivity index (χ1) is 13.0. The summed E-state index contributed by atoms with van der Waals surface area (Å²) < 4.78 is 12.4. The number of rotatable bonds is 7. The van der Waals surface area contributed by atoms with Crippen LogP contribution in [0.15, 0.2) is 45.3 Å². The van der Waals surface area contributed by atoms with Crippen molar-refractivity contribution in [3.05, 3.63) is 52.4 Å². The zero-order valence-electron chi connectivity index (χ0n) is 16.3. The van der Waals surface area contributed by atoms with Crippen molar-refractivity contribution in [2.45, 2.75) is 32.7 Å². The average molecular weight is 472 g/mol. The fraction of sp³-hybridized carbons (Fsp3) is 0.476. The van der Waals surface area contributed by atoms with Crippen LogP contribution >= 0.6 is 28.3 Å². The van der Waals surface area contributed by atoms with Gasteiger partial charge in [0.05, 0.1) is 6.04 Å². The topological polar surface area (TPSA) is 54.7 Å². The van der Waals surface area contributed by atoms with Crippen LogP contribution in [-0.4, -0.2) is 37.0 Å². The number of nitrogens with zero attached hydrogens (tertiary/aromatic N) is 1. The lowest BCUT2D eigenvalue weighted by molar-refractivity contribution is -0.123. The summed E-state index contributed by atoms with van der Waals surface area (Å²) in [5.41, 5.74) is 0. The van der Waals surface area contributed by atoms with Crippen LogP contribution in [-0.2, 0) is 4.79 Å². The van der Waals surface area contributed by atoms with Gasteiger partial charge in [0, 0.05) is 11.0 Å². The Balaban J connectivity index is 0.00000280. The van der Waals surface area contributed by atoms with Gasteiger partial charge in [-0.1, -0.05) is 22.9 Å². The maximum atomic E-state index is 12.3. The van der Waals surface area contributed by atoms with E-state index in [0.29, 0.717) is 12.3 Å². The van der Waals surface area contributed by atoms with Gasteiger partial charge in [0.2, 0.25) is 0 Å². The zero-order chi connectivity index (χ0) is 19.2. The van der Waals surface area contributed by atoms with Crippen LogP contribution in [0.5, 0.6) is 5.75 Å². The molecular weight excluding hydrogens is 444 g/mol. The number of piperidine rings is 1. The van der Waals surface area contributed by atoms with Gasteiger partial charge in [0.15, 0.2) is 6.61 Å². The highest BCUT2D eigenvalue weighted by Crippen LogP contribution is 2.27. The lowest BCUT2D eigenvalue weighted by Gasteiger charge is -2.35. The van der Waals surface area contributed by atoms with Crippen molar-refractivity contribution in [3.63, 3.8) is 0 Å². The number of nitrogens with one attached hydrogen (secondary N) is 1. The molecule has 28 heavy (non-hydrogen) atoms. The fourth-order valence-corrected chi connectivity index (χ4v) is 3.59. The smallest absolute Gasteiger partial charge is 0.258 e. The second kappa shape index (κ2) is 10.9. The van der Waals surface area contributed by atoms with Crippen LogP contribution < -0.4 is 10.1 Å². The summed E-state index contributed by atoms with van der Waals surface area (Å²) in [4.78, 5) is 14.7. The molecule has 1 aromatic heterocycles. The van der Waals surface area contributed by atoms with Gasteiger partial charge in [-0.25, -0.2) is 0 Å². The second-order valence-electron chi connectivity index (χ2n) is 7.23. The molecule has 1 aromatic carbocycles. The summed E-state index contributed by atoms with van der Waals surface area (Å²) in [5.74, 6) is 3.11. The molecule has 5 nitrogen and oxygen atoms in total. The number of likely N-dealkylation sites (tertiary alicyclic amines) is 1. The summed E-state index contributed by atoms with van der Waals surface area (Å²) in [6, 6.07) is 11.5. The van der Waals surface area contributed by atoms with Crippen molar-refractivity contribution >= 4 is 34.2 Å². The van der Waals surface area contributed by atoms with Gasteiger partial charge in [-0.2, -0.15) is 0 Å². The molecule has 0 aliphatic carbocycles. The molecule has 3 rings (SSSR count). The van der Waals surface area contributed by atoms with Crippen molar-refractivity contribution in [3.8, 4) is 5.75 Å². The first-order valence-corrected chi connectivity index (χ1v) is 10.3. The molecule has 1 aliphatic heterocycles. The molecule has 1 unspecified atom stereocenters. The lowest BCUT2D eigenvalue weighted by atomic mass is 9.97. The molecule has 1 atom stereocenters. The van der Waals surface area contributed by atoms with E-state index in [1.54, 1.807) is 0 Å². The minimum absolute atomic E-state index is 0. The summed E-state index contributed by atoms with van der Waals surface area (Å²) >= 11 is 3.38. The molecule has 1 aliphatic rings. The minimum Gasteiger partial charge on any atom is -0.484 e. The van der Waals surface area contributed by atoms with E-state index in [-0.39, 0.29) is 31.0 Å². The molecule has 154 valence electrons. The third kappa shape index (κ3) is 6.54. The molecular formula is C21H28BrClN2O3. The monoisotopic (exact) mass is 470 g/mol. The minimum atomic E-state index is -0.128. The number of hydrogen-bond acceptors (Lipinski definition) is 4. The third-order valence-corrected chi connectivity index (χ3v) is 5.55. The number of ether oxygens (including phenoxy) is 1. The Labute approximate surface area is 181 Å². The first-order valence-electron chi connectivity index (χ1n) is 9.46. The van der Waals surface area contributed by atoms with E-state index >= 15 is 0 Å². The van der Waals surface area contributed by atoms with Gasteiger partial charge in [-0.15, -0.1) is 12.4 Å². The summed E-state index contributed by atoms with van der Waals surface area (Å²) in [5, 5.41) is 3.01. The maximum absolute atomic E-state index is 12.3. The van der Waals surface area contributed by atoms with Gasteiger partial charge >= 0.3 is 0 Å². The van der Waals surface area contributed by atoms with E-state index in [9.17, 15) is 4.79 Å². The summed E-state index contributed by atoms with van der Waals surface area (Å²) in [6.07, 6.45) is 2.35. The van der Waals surface area contributed by atoms with Crippen molar-refractivity contribution in [2.24, 2.45) is 5.92 Å². The molecule has 1 saturated heterocycles. The van der Waals surface area contributed by atoms with Crippen LogP contribution in [0.4, 0.5) is 0 Å². The van der Waals surface area contributed by atoms with Crippen LogP contribution in [0.2, 0.25) is 0 Å². The molecule has 2 aromatic rings. The Hall–Kier alpha value is -1.50. The Morgan fingerprint density at radius 2 is 1.93 bits per heavy atom. The van der Waals surface area contributed by atoms with Crippen molar-refractivity contribution in [1.82, 2.24) is 10.2 Å². The quantitative estimate of drug-likeness (QED) is 0.634. The maximum Gasteiger partial charge on any atom is 0.258 e. The Morgan fingerprint density at radius 1 is 1.25 bits per heavy atom. The first kappa shape index (κ1) is 22.8. The molecule has 7 heteroatoms. The number of aryl methyl sites for hydroxylation is 1. The van der Waals surface area contributed by atoms with Gasteiger partial charge < -0.3 is 14.5 Å². The van der Waals surface area contributed by atoms with Gasteiger partial charge in [0.1, 0.15) is 17.3 Å². The molecule has 1 N–H and O–H groups in total. The highest BCUT2D eigenvalue weighted by atomic mass is 79.9. The van der Waals surface area contributed by atoms with E-state index in [1.807, 2.05) is 43.3 Å².